The smallest absolute Gasteiger partial charge is 0.229 e. The summed E-state index contributed by atoms with van der Waals surface area (Å²) in [6.07, 6.45) is 1.67. The van der Waals surface area contributed by atoms with E-state index in [-0.39, 0.29) is 5.91 Å². The van der Waals surface area contributed by atoms with Crippen molar-refractivity contribution >= 4 is 33.3 Å². The molecule has 0 bridgehead atoms. The molecule has 1 aromatic heterocycles. The minimum absolute atomic E-state index is 0.0735. The Morgan fingerprint density at radius 3 is 2.47 bits per heavy atom. The Labute approximate surface area is 108 Å². The van der Waals surface area contributed by atoms with Crippen LogP contribution < -0.4 is 4.90 Å². The number of hydrogen-bond acceptors (Lipinski definition) is 2. The maximum atomic E-state index is 11.8. The summed E-state index contributed by atoms with van der Waals surface area (Å²) in [7, 11) is 0. The van der Waals surface area contributed by atoms with Gasteiger partial charge in [-0.05, 0) is 40.2 Å². The molecule has 1 heterocycles. The highest BCUT2D eigenvalue weighted by Crippen LogP contribution is 2.29. The number of carbonyl (C=O) groups is 1. The van der Waals surface area contributed by atoms with Gasteiger partial charge in [-0.2, -0.15) is 0 Å². The first-order valence-electron chi connectivity index (χ1n) is 5.16. The molecule has 17 heavy (non-hydrogen) atoms. The number of benzene rings is 1. The fourth-order valence-corrected chi connectivity index (χ4v) is 2.00. The van der Waals surface area contributed by atoms with Crippen molar-refractivity contribution in [1.29, 1.82) is 0 Å². The Balaban J connectivity index is 2.51. The fraction of sp³-hybridized carbons (Fsp3) is 0.0769. The van der Waals surface area contributed by atoms with E-state index in [9.17, 15) is 4.79 Å². The maximum absolute atomic E-state index is 11.8. The van der Waals surface area contributed by atoms with E-state index in [0.29, 0.717) is 5.82 Å². The lowest BCUT2D eigenvalue weighted by Crippen LogP contribution is -2.23. The third-order valence-electron chi connectivity index (χ3n) is 2.28. The van der Waals surface area contributed by atoms with Gasteiger partial charge in [0.05, 0.1) is 10.2 Å². The lowest BCUT2D eigenvalue weighted by molar-refractivity contribution is -0.115. The highest BCUT2D eigenvalue weighted by atomic mass is 79.9. The molecule has 0 fully saturated rings. The summed E-state index contributed by atoms with van der Waals surface area (Å²) in [4.78, 5) is 17.6. The molecule has 1 amide bonds. The van der Waals surface area contributed by atoms with E-state index in [2.05, 4.69) is 20.9 Å². The third-order valence-corrected chi connectivity index (χ3v) is 2.90. The van der Waals surface area contributed by atoms with Crippen molar-refractivity contribution in [3.8, 4) is 0 Å². The molecule has 0 aliphatic carbocycles. The topological polar surface area (TPSA) is 33.2 Å². The van der Waals surface area contributed by atoms with Crippen LogP contribution in [0.25, 0.3) is 0 Å². The van der Waals surface area contributed by atoms with Gasteiger partial charge in [0.1, 0.15) is 0 Å². The molecule has 4 heteroatoms. The minimum Gasteiger partial charge on any atom is -0.274 e. The predicted molar refractivity (Wildman–Crippen MR) is 71.2 cm³/mol. The van der Waals surface area contributed by atoms with Gasteiger partial charge in [-0.3, -0.25) is 9.69 Å². The van der Waals surface area contributed by atoms with Crippen molar-refractivity contribution in [2.24, 2.45) is 0 Å². The lowest BCUT2D eigenvalue weighted by atomic mass is 10.2. The average molecular weight is 291 g/mol. The molecule has 2 rings (SSSR count). The Morgan fingerprint density at radius 2 is 1.88 bits per heavy atom. The summed E-state index contributed by atoms with van der Waals surface area (Å²) in [5.74, 6) is 0.529. The summed E-state index contributed by atoms with van der Waals surface area (Å²) in [6.45, 7) is 1.52. The number of pyridine rings is 1. The van der Waals surface area contributed by atoms with Crippen LogP contribution >= 0.6 is 15.9 Å². The number of rotatable bonds is 2. The second-order valence-corrected chi connectivity index (χ2v) is 4.35. The van der Waals surface area contributed by atoms with Gasteiger partial charge in [0.2, 0.25) is 5.91 Å². The zero-order chi connectivity index (χ0) is 12.3. The number of aromatic nitrogens is 1. The molecule has 0 unspecified atom stereocenters. The number of hydrogen-bond donors (Lipinski definition) is 0. The van der Waals surface area contributed by atoms with Gasteiger partial charge in [0, 0.05) is 13.1 Å². The molecule has 0 aliphatic heterocycles. The molecule has 1 aromatic carbocycles. The van der Waals surface area contributed by atoms with Crippen molar-refractivity contribution in [2.45, 2.75) is 6.92 Å². The Kier molecular flexibility index (Phi) is 3.54. The zero-order valence-electron chi connectivity index (χ0n) is 9.30. The van der Waals surface area contributed by atoms with E-state index < -0.39 is 0 Å². The van der Waals surface area contributed by atoms with E-state index in [1.165, 1.54) is 6.92 Å². The largest absolute Gasteiger partial charge is 0.274 e. The number of carbonyl (C=O) groups excluding carboxylic acids is 1. The number of halogens is 1. The van der Waals surface area contributed by atoms with Crippen LogP contribution in [0.2, 0.25) is 0 Å². The molecule has 0 aliphatic rings. The summed E-state index contributed by atoms with van der Waals surface area (Å²) in [6, 6.07) is 13.1. The van der Waals surface area contributed by atoms with Crippen LogP contribution in [0.4, 0.5) is 11.5 Å². The van der Waals surface area contributed by atoms with E-state index in [4.69, 9.17) is 0 Å². The fourth-order valence-electron chi connectivity index (χ4n) is 1.57. The van der Waals surface area contributed by atoms with Crippen LogP contribution in [0.3, 0.4) is 0 Å². The highest BCUT2D eigenvalue weighted by Gasteiger charge is 2.17. The molecule has 0 N–H and O–H groups in total. The van der Waals surface area contributed by atoms with E-state index in [1.54, 1.807) is 11.1 Å². The van der Waals surface area contributed by atoms with Crippen molar-refractivity contribution in [2.75, 3.05) is 4.90 Å². The standard InChI is InChI=1S/C13H11BrN2O/c1-10(17)16(11-6-3-2-4-7-11)13-12(14)8-5-9-15-13/h2-9H,1H3. The summed E-state index contributed by atoms with van der Waals surface area (Å²) in [5.41, 5.74) is 0.805. The number of nitrogens with zero attached hydrogens (tertiary/aromatic N) is 2. The van der Waals surface area contributed by atoms with Gasteiger partial charge in [0.15, 0.2) is 5.82 Å². The van der Waals surface area contributed by atoms with Crippen LogP contribution in [0.15, 0.2) is 53.1 Å². The predicted octanol–water partition coefficient (Wildman–Crippen LogP) is 3.53. The molecular weight excluding hydrogens is 280 g/mol. The SMILES string of the molecule is CC(=O)N(c1ccccc1)c1ncccc1Br. The zero-order valence-corrected chi connectivity index (χ0v) is 10.9. The van der Waals surface area contributed by atoms with Gasteiger partial charge in [-0.25, -0.2) is 4.98 Å². The molecule has 0 atom stereocenters. The van der Waals surface area contributed by atoms with E-state index >= 15 is 0 Å². The van der Waals surface area contributed by atoms with Gasteiger partial charge in [-0.1, -0.05) is 18.2 Å². The number of amides is 1. The number of anilines is 2. The quantitative estimate of drug-likeness (QED) is 0.848. The first-order chi connectivity index (χ1) is 8.20. The van der Waals surface area contributed by atoms with Crippen LogP contribution in [0.5, 0.6) is 0 Å². The average Bonchev–Trinajstić information content (AvgIpc) is 2.33. The molecule has 0 radical (unpaired) electrons. The molecule has 0 spiro atoms. The summed E-state index contributed by atoms with van der Waals surface area (Å²) < 4.78 is 0.791. The van der Waals surface area contributed by atoms with Crippen molar-refractivity contribution < 1.29 is 4.79 Å². The van der Waals surface area contributed by atoms with Gasteiger partial charge in [0.25, 0.3) is 0 Å². The first kappa shape index (κ1) is 11.8. The molecule has 2 aromatic rings. The van der Waals surface area contributed by atoms with Gasteiger partial charge >= 0.3 is 0 Å². The van der Waals surface area contributed by atoms with Crippen LogP contribution in [-0.2, 0) is 4.79 Å². The van der Waals surface area contributed by atoms with E-state index in [0.717, 1.165) is 10.2 Å². The second kappa shape index (κ2) is 5.10. The monoisotopic (exact) mass is 290 g/mol. The molecule has 3 nitrogen and oxygen atoms in total. The number of para-hydroxylation sites is 1. The molecule has 86 valence electrons. The van der Waals surface area contributed by atoms with Gasteiger partial charge in [-0.15, -0.1) is 0 Å². The first-order valence-corrected chi connectivity index (χ1v) is 5.95. The summed E-state index contributed by atoms with van der Waals surface area (Å²) in [5, 5.41) is 0. The Bertz CT molecular complexity index is 528. The van der Waals surface area contributed by atoms with Crippen molar-refractivity contribution in [3.63, 3.8) is 0 Å². The maximum Gasteiger partial charge on any atom is 0.229 e. The molecular formula is C13H11BrN2O. The normalized spacial score (nSPS) is 10.0. The van der Waals surface area contributed by atoms with Crippen molar-refractivity contribution in [1.82, 2.24) is 4.98 Å². The molecule has 0 saturated heterocycles. The lowest BCUT2D eigenvalue weighted by Gasteiger charge is -2.21. The second-order valence-electron chi connectivity index (χ2n) is 3.50. The highest BCUT2D eigenvalue weighted by molar-refractivity contribution is 9.10. The van der Waals surface area contributed by atoms with Crippen molar-refractivity contribution in [3.05, 3.63) is 53.1 Å². The van der Waals surface area contributed by atoms with Crippen LogP contribution in [0.1, 0.15) is 6.92 Å². The van der Waals surface area contributed by atoms with Crippen LogP contribution in [0, 0.1) is 0 Å². The van der Waals surface area contributed by atoms with Gasteiger partial charge < -0.3 is 0 Å². The van der Waals surface area contributed by atoms with E-state index in [1.807, 2.05) is 42.5 Å². The Hall–Kier alpha value is -1.68. The van der Waals surface area contributed by atoms with Crippen LogP contribution in [-0.4, -0.2) is 10.9 Å². The molecule has 0 saturated carbocycles. The summed E-state index contributed by atoms with van der Waals surface area (Å²) >= 11 is 3.41. The Morgan fingerprint density at radius 1 is 1.18 bits per heavy atom. The third kappa shape index (κ3) is 2.53. The minimum atomic E-state index is -0.0735.